The summed E-state index contributed by atoms with van der Waals surface area (Å²) >= 11 is 5.53. The SMILES string of the molecule is CC1(C)CC1/C=C(\Cl)C#N. The molecular formula is C8H10ClN. The summed E-state index contributed by atoms with van der Waals surface area (Å²) in [5.41, 5.74) is 0.386. The molecule has 10 heavy (non-hydrogen) atoms. The van der Waals surface area contributed by atoms with Gasteiger partial charge >= 0.3 is 0 Å². The molecule has 1 aliphatic rings. The summed E-state index contributed by atoms with van der Waals surface area (Å²) in [5.74, 6) is 0.527. The number of allylic oxidation sites excluding steroid dienone is 2. The highest BCUT2D eigenvalue weighted by Gasteiger charge is 2.43. The van der Waals surface area contributed by atoms with E-state index in [-0.39, 0.29) is 0 Å². The first-order valence-electron chi connectivity index (χ1n) is 3.34. The van der Waals surface area contributed by atoms with E-state index in [1.807, 2.05) is 12.1 Å². The Bertz CT molecular complexity index is 210. The van der Waals surface area contributed by atoms with Crippen LogP contribution in [0, 0.1) is 22.7 Å². The Morgan fingerprint density at radius 2 is 2.30 bits per heavy atom. The van der Waals surface area contributed by atoms with Crippen molar-refractivity contribution in [2.45, 2.75) is 20.3 Å². The first-order chi connectivity index (χ1) is 4.56. The number of nitriles is 1. The molecule has 0 saturated heterocycles. The standard InChI is InChI=1S/C8H10ClN/c1-8(2)4-6(8)3-7(9)5-10/h3,6H,4H2,1-2H3/b7-3-. The van der Waals surface area contributed by atoms with Crippen molar-refractivity contribution in [3.05, 3.63) is 11.1 Å². The van der Waals surface area contributed by atoms with Gasteiger partial charge in [-0.3, -0.25) is 0 Å². The Labute approximate surface area is 66.3 Å². The van der Waals surface area contributed by atoms with Gasteiger partial charge in [-0.2, -0.15) is 5.26 Å². The van der Waals surface area contributed by atoms with Crippen LogP contribution >= 0.6 is 11.6 Å². The van der Waals surface area contributed by atoms with Crippen molar-refractivity contribution in [1.82, 2.24) is 0 Å². The molecule has 54 valence electrons. The van der Waals surface area contributed by atoms with Crippen molar-refractivity contribution in [1.29, 1.82) is 5.26 Å². The Hall–Kier alpha value is -0.480. The minimum absolute atomic E-state index is 0.329. The van der Waals surface area contributed by atoms with Gasteiger partial charge in [0, 0.05) is 0 Å². The van der Waals surface area contributed by atoms with Crippen molar-refractivity contribution in [3.63, 3.8) is 0 Å². The van der Waals surface area contributed by atoms with Gasteiger partial charge in [-0.25, -0.2) is 0 Å². The van der Waals surface area contributed by atoms with E-state index in [0.717, 1.165) is 6.42 Å². The second-order valence-corrected chi connectivity index (χ2v) is 3.83. The van der Waals surface area contributed by atoms with E-state index >= 15 is 0 Å². The van der Waals surface area contributed by atoms with E-state index in [9.17, 15) is 0 Å². The third-order valence-electron chi connectivity index (χ3n) is 2.04. The lowest BCUT2D eigenvalue weighted by atomic mass is 10.1. The van der Waals surface area contributed by atoms with Crippen LogP contribution in [0.25, 0.3) is 0 Å². The molecule has 0 aromatic rings. The molecule has 1 aliphatic carbocycles. The molecule has 0 radical (unpaired) electrons. The Balaban J connectivity index is 2.52. The van der Waals surface area contributed by atoms with Crippen LogP contribution < -0.4 is 0 Å². The van der Waals surface area contributed by atoms with Crippen molar-refractivity contribution in [3.8, 4) is 6.07 Å². The molecule has 1 nitrogen and oxygen atoms in total. The van der Waals surface area contributed by atoms with Gasteiger partial charge in [-0.05, 0) is 17.8 Å². The van der Waals surface area contributed by atoms with Gasteiger partial charge in [0.25, 0.3) is 0 Å². The topological polar surface area (TPSA) is 23.8 Å². The minimum atomic E-state index is 0.329. The molecule has 0 aliphatic heterocycles. The average Bonchev–Trinajstić information content (AvgIpc) is 2.40. The fourth-order valence-corrected chi connectivity index (χ4v) is 1.16. The molecule has 0 aromatic heterocycles. The van der Waals surface area contributed by atoms with Crippen LogP contribution in [-0.4, -0.2) is 0 Å². The van der Waals surface area contributed by atoms with Crippen molar-refractivity contribution in [2.24, 2.45) is 11.3 Å². The van der Waals surface area contributed by atoms with Crippen LogP contribution in [0.1, 0.15) is 20.3 Å². The van der Waals surface area contributed by atoms with Crippen LogP contribution in [0.5, 0.6) is 0 Å². The molecular weight excluding hydrogens is 146 g/mol. The molecule has 0 amide bonds. The first-order valence-corrected chi connectivity index (χ1v) is 3.71. The number of nitrogens with zero attached hydrogens (tertiary/aromatic N) is 1. The highest BCUT2D eigenvalue weighted by molar-refractivity contribution is 6.31. The molecule has 0 heterocycles. The van der Waals surface area contributed by atoms with Crippen LogP contribution in [0.3, 0.4) is 0 Å². The Morgan fingerprint density at radius 1 is 1.80 bits per heavy atom. The highest BCUT2D eigenvalue weighted by Crippen LogP contribution is 2.52. The molecule has 1 rings (SSSR count). The molecule has 2 heteroatoms. The summed E-state index contributed by atoms with van der Waals surface area (Å²) in [4.78, 5) is 0. The van der Waals surface area contributed by atoms with E-state index in [2.05, 4.69) is 13.8 Å². The number of rotatable bonds is 1. The maximum Gasteiger partial charge on any atom is 0.114 e. The normalized spacial score (nSPS) is 29.4. The van der Waals surface area contributed by atoms with Gasteiger partial charge in [0.15, 0.2) is 0 Å². The van der Waals surface area contributed by atoms with Crippen molar-refractivity contribution >= 4 is 11.6 Å². The highest BCUT2D eigenvalue weighted by atomic mass is 35.5. The summed E-state index contributed by atoms with van der Waals surface area (Å²) < 4.78 is 0. The first kappa shape index (κ1) is 7.63. The Kier molecular flexibility index (Phi) is 1.74. The van der Waals surface area contributed by atoms with Gasteiger partial charge < -0.3 is 0 Å². The fourth-order valence-electron chi connectivity index (χ4n) is 1.01. The van der Waals surface area contributed by atoms with E-state index in [0.29, 0.717) is 16.4 Å². The largest absolute Gasteiger partial charge is 0.191 e. The summed E-state index contributed by atoms with van der Waals surface area (Å²) in [6, 6.07) is 1.90. The second-order valence-electron chi connectivity index (χ2n) is 3.43. The minimum Gasteiger partial charge on any atom is -0.191 e. The zero-order valence-electron chi connectivity index (χ0n) is 6.19. The number of hydrogen-bond acceptors (Lipinski definition) is 1. The lowest BCUT2D eigenvalue weighted by Crippen LogP contribution is -1.86. The van der Waals surface area contributed by atoms with Crippen LogP contribution in [0.15, 0.2) is 11.1 Å². The van der Waals surface area contributed by atoms with Crippen LogP contribution in [0.2, 0.25) is 0 Å². The van der Waals surface area contributed by atoms with E-state index in [1.165, 1.54) is 0 Å². The smallest absolute Gasteiger partial charge is 0.114 e. The molecule has 1 saturated carbocycles. The quantitative estimate of drug-likeness (QED) is 0.534. The maximum absolute atomic E-state index is 8.33. The van der Waals surface area contributed by atoms with E-state index < -0.39 is 0 Å². The molecule has 0 N–H and O–H groups in total. The van der Waals surface area contributed by atoms with Crippen LogP contribution in [-0.2, 0) is 0 Å². The zero-order chi connectivity index (χ0) is 7.78. The van der Waals surface area contributed by atoms with Crippen molar-refractivity contribution in [2.75, 3.05) is 0 Å². The molecule has 1 atom stereocenters. The summed E-state index contributed by atoms with van der Waals surface area (Å²) in [7, 11) is 0. The lowest BCUT2D eigenvalue weighted by molar-refractivity contribution is 0.610. The van der Waals surface area contributed by atoms with Gasteiger partial charge in [-0.15, -0.1) is 0 Å². The van der Waals surface area contributed by atoms with Gasteiger partial charge in [0.1, 0.15) is 11.1 Å². The van der Waals surface area contributed by atoms with E-state index in [4.69, 9.17) is 16.9 Å². The van der Waals surface area contributed by atoms with Gasteiger partial charge in [0.05, 0.1) is 0 Å². The third-order valence-corrected chi connectivity index (χ3v) is 2.25. The van der Waals surface area contributed by atoms with Crippen LogP contribution in [0.4, 0.5) is 0 Å². The summed E-state index contributed by atoms with van der Waals surface area (Å²) in [5, 5.41) is 8.66. The molecule has 0 bridgehead atoms. The number of hydrogen-bond donors (Lipinski definition) is 0. The predicted octanol–water partition coefficient (Wildman–Crippen LogP) is 2.68. The fraction of sp³-hybridized carbons (Fsp3) is 0.625. The predicted molar refractivity (Wildman–Crippen MR) is 41.4 cm³/mol. The second kappa shape index (κ2) is 2.29. The van der Waals surface area contributed by atoms with Gasteiger partial charge in [0.2, 0.25) is 0 Å². The lowest BCUT2D eigenvalue weighted by Gasteiger charge is -1.94. The molecule has 0 spiro atoms. The van der Waals surface area contributed by atoms with Crippen molar-refractivity contribution < 1.29 is 0 Å². The summed E-state index contributed by atoms with van der Waals surface area (Å²) in [6.07, 6.45) is 3.01. The zero-order valence-corrected chi connectivity index (χ0v) is 6.94. The van der Waals surface area contributed by atoms with E-state index in [1.54, 1.807) is 0 Å². The molecule has 1 fully saturated rings. The summed E-state index contributed by atoms with van der Waals surface area (Å²) in [6.45, 7) is 4.35. The molecule has 1 unspecified atom stereocenters. The number of halogens is 1. The average molecular weight is 156 g/mol. The maximum atomic E-state index is 8.33. The molecule has 0 aromatic carbocycles. The monoisotopic (exact) mass is 155 g/mol. The Morgan fingerprint density at radius 3 is 2.60 bits per heavy atom. The third kappa shape index (κ3) is 1.52. The van der Waals surface area contributed by atoms with Gasteiger partial charge in [-0.1, -0.05) is 31.5 Å².